The van der Waals surface area contributed by atoms with Gasteiger partial charge in [0.2, 0.25) is 11.9 Å². The third-order valence-corrected chi connectivity index (χ3v) is 6.93. The van der Waals surface area contributed by atoms with Crippen LogP contribution in [0.1, 0.15) is 44.8 Å². The number of hydrogen-bond donors (Lipinski definition) is 1. The van der Waals surface area contributed by atoms with Gasteiger partial charge in [0, 0.05) is 32.2 Å². The van der Waals surface area contributed by atoms with Crippen LogP contribution < -0.4 is 10.2 Å². The Morgan fingerprint density at radius 1 is 1.20 bits per heavy atom. The molecule has 2 saturated heterocycles. The molecule has 0 aromatic carbocycles. The number of hydrogen-bond acceptors (Lipinski definition) is 7. The van der Waals surface area contributed by atoms with Crippen LogP contribution in [0.3, 0.4) is 0 Å². The van der Waals surface area contributed by atoms with Crippen molar-refractivity contribution in [2.45, 2.75) is 56.8 Å². The molecule has 0 saturated carbocycles. The van der Waals surface area contributed by atoms with E-state index in [0.29, 0.717) is 12.3 Å². The summed E-state index contributed by atoms with van der Waals surface area (Å²) >= 11 is 1.45. The summed E-state index contributed by atoms with van der Waals surface area (Å²) < 4.78 is 7.65. The van der Waals surface area contributed by atoms with Crippen LogP contribution in [0.4, 0.5) is 5.95 Å². The smallest absolute Gasteiger partial charge is 0.230 e. The Hall–Kier alpha value is -2.00. The van der Waals surface area contributed by atoms with E-state index in [1.54, 1.807) is 6.26 Å². The number of furan rings is 1. The molecule has 0 aliphatic carbocycles. The number of carbonyl (C=O) groups is 1. The summed E-state index contributed by atoms with van der Waals surface area (Å²) in [6.45, 7) is 7.96. The average molecular weight is 433 g/mol. The monoisotopic (exact) mass is 432 g/mol. The maximum Gasteiger partial charge on any atom is 0.230 e. The summed E-state index contributed by atoms with van der Waals surface area (Å²) in [4.78, 5) is 17.3. The lowest BCUT2D eigenvalue weighted by atomic mass is 10.1. The van der Waals surface area contributed by atoms with Gasteiger partial charge in [-0.05, 0) is 50.8 Å². The van der Waals surface area contributed by atoms with Crippen LogP contribution >= 0.6 is 11.8 Å². The average Bonchev–Trinajstić information content (AvgIpc) is 3.44. The fraction of sp³-hybridized carbons (Fsp3) is 0.667. The fourth-order valence-corrected chi connectivity index (χ4v) is 4.95. The third-order valence-electron chi connectivity index (χ3n) is 5.96. The van der Waals surface area contributed by atoms with Crippen molar-refractivity contribution in [2.24, 2.45) is 0 Å². The molecular formula is C21H32N6O2S. The molecule has 1 N–H and O–H groups in total. The summed E-state index contributed by atoms with van der Waals surface area (Å²) in [5, 5.41) is 12.9. The van der Waals surface area contributed by atoms with Gasteiger partial charge in [0.05, 0.1) is 18.6 Å². The van der Waals surface area contributed by atoms with Crippen molar-refractivity contribution in [3.8, 4) is 0 Å². The predicted molar refractivity (Wildman–Crippen MR) is 118 cm³/mol. The highest BCUT2D eigenvalue weighted by Gasteiger charge is 2.23. The van der Waals surface area contributed by atoms with Crippen molar-refractivity contribution < 1.29 is 9.21 Å². The maximum atomic E-state index is 12.5. The van der Waals surface area contributed by atoms with E-state index in [1.165, 1.54) is 31.0 Å². The minimum absolute atomic E-state index is 0.0713. The zero-order valence-corrected chi connectivity index (χ0v) is 18.6. The summed E-state index contributed by atoms with van der Waals surface area (Å²) in [7, 11) is 0. The Labute approximate surface area is 182 Å². The van der Waals surface area contributed by atoms with Gasteiger partial charge in [-0.3, -0.25) is 9.36 Å². The second kappa shape index (κ2) is 10.3. The minimum Gasteiger partial charge on any atom is -0.467 e. The first-order valence-corrected chi connectivity index (χ1v) is 12.1. The Kier molecular flexibility index (Phi) is 7.33. The number of nitrogens with zero attached hydrogens (tertiary/aromatic N) is 5. The topological polar surface area (TPSA) is 79.4 Å². The summed E-state index contributed by atoms with van der Waals surface area (Å²) in [5.74, 6) is 2.16. The molecule has 164 valence electrons. The van der Waals surface area contributed by atoms with Crippen molar-refractivity contribution in [3.63, 3.8) is 0 Å². The van der Waals surface area contributed by atoms with Crippen LogP contribution in [-0.2, 0) is 11.3 Å². The number of nitrogens with one attached hydrogen (secondary N) is 1. The van der Waals surface area contributed by atoms with Gasteiger partial charge in [0.15, 0.2) is 5.16 Å². The number of carbonyl (C=O) groups excluding carboxylic acids is 1. The molecule has 9 heteroatoms. The number of rotatable bonds is 8. The lowest BCUT2D eigenvalue weighted by Gasteiger charge is -2.31. The van der Waals surface area contributed by atoms with E-state index in [0.717, 1.165) is 62.4 Å². The van der Waals surface area contributed by atoms with E-state index in [4.69, 9.17) is 4.42 Å². The Morgan fingerprint density at radius 2 is 2.00 bits per heavy atom. The van der Waals surface area contributed by atoms with Crippen LogP contribution in [0, 0.1) is 0 Å². The van der Waals surface area contributed by atoms with Gasteiger partial charge >= 0.3 is 0 Å². The molecule has 2 aromatic heterocycles. The molecule has 2 fully saturated rings. The molecule has 0 spiro atoms. The fourth-order valence-electron chi connectivity index (χ4n) is 4.21. The van der Waals surface area contributed by atoms with Gasteiger partial charge in [-0.15, -0.1) is 10.2 Å². The number of likely N-dealkylation sites (tertiary alicyclic amines) is 1. The molecule has 4 rings (SSSR count). The van der Waals surface area contributed by atoms with Crippen molar-refractivity contribution in [2.75, 3.05) is 43.4 Å². The number of piperidine rings is 2. The van der Waals surface area contributed by atoms with Crippen LogP contribution in [0.15, 0.2) is 28.0 Å². The number of thioether (sulfide) groups is 1. The van der Waals surface area contributed by atoms with Crippen molar-refractivity contribution >= 4 is 23.6 Å². The van der Waals surface area contributed by atoms with Gasteiger partial charge in [0.25, 0.3) is 0 Å². The lowest BCUT2D eigenvalue weighted by molar-refractivity contribution is -0.119. The highest BCUT2D eigenvalue weighted by molar-refractivity contribution is 7.99. The van der Waals surface area contributed by atoms with E-state index >= 15 is 0 Å². The third kappa shape index (κ3) is 5.37. The van der Waals surface area contributed by atoms with E-state index < -0.39 is 0 Å². The minimum atomic E-state index is 0.0713. The summed E-state index contributed by atoms with van der Waals surface area (Å²) in [6, 6.07) is 4.14. The molecular weight excluding hydrogens is 400 g/mol. The maximum absolute atomic E-state index is 12.5. The molecule has 8 nitrogen and oxygen atoms in total. The molecule has 0 unspecified atom stereocenters. The Morgan fingerprint density at radius 3 is 2.70 bits per heavy atom. The Balaban J connectivity index is 1.38. The van der Waals surface area contributed by atoms with Gasteiger partial charge in [-0.25, -0.2) is 0 Å². The van der Waals surface area contributed by atoms with E-state index in [2.05, 4.69) is 36.8 Å². The van der Waals surface area contributed by atoms with E-state index in [9.17, 15) is 4.79 Å². The van der Waals surface area contributed by atoms with Crippen molar-refractivity contribution in [3.05, 3.63) is 24.2 Å². The lowest BCUT2D eigenvalue weighted by Crippen LogP contribution is -2.45. The van der Waals surface area contributed by atoms with Crippen LogP contribution in [0.25, 0.3) is 0 Å². The number of anilines is 1. The second-order valence-corrected chi connectivity index (χ2v) is 9.00. The van der Waals surface area contributed by atoms with Gasteiger partial charge < -0.3 is 19.5 Å². The number of amides is 1. The quantitative estimate of drug-likeness (QED) is 0.642. The van der Waals surface area contributed by atoms with E-state index in [1.807, 2.05) is 12.1 Å². The highest BCUT2D eigenvalue weighted by Crippen LogP contribution is 2.25. The van der Waals surface area contributed by atoms with Crippen molar-refractivity contribution in [1.82, 2.24) is 25.0 Å². The Bertz CT molecular complexity index is 795. The van der Waals surface area contributed by atoms with Crippen LogP contribution in [0.5, 0.6) is 0 Å². The number of aromatic nitrogens is 3. The summed E-state index contributed by atoms with van der Waals surface area (Å²) in [5.41, 5.74) is 0. The van der Waals surface area contributed by atoms with Gasteiger partial charge in [0.1, 0.15) is 5.76 Å². The summed E-state index contributed by atoms with van der Waals surface area (Å²) in [6.07, 6.45) is 7.35. The first kappa shape index (κ1) is 21.2. The van der Waals surface area contributed by atoms with Crippen LogP contribution in [-0.4, -0.2) is 70.1 Å². The van der Waals surface area contributed by atoms with Crippen LogP contribution in [0.2, 0.25) is 0 Å². The highest BCUT2D eigenvalue weighted by atomic mass is 32.2. The van der Waals surface area contributed by atoms with Gasteiger partial charge in [-0.1, -0.05) is 18.7 Å². The molecule has 2 aliphatic heterocycles. The molecule has 0 radical (unpaired) electrons. The van der Waals surface area contributed by atoms with E-state index in [-0.39, 0.29) is 11.9 Å². The normalized spacial score (nSPS) is 18.6. The molecule has 30 heavy (non-hydrogen) atoms. The van der Waals surface area contributed by atoms with Crippen molar-refractivity contribution in [1.29, 1.82) is 0 Å². The standard InChI is InChI=1S/C21H32N6O2S/c1-2-25-12-8-17(9-13-25)22-19(28)16-30-21-24-23-20(26-10-4-3-5-11-26)27(21)15-18-7-6-14-29-18/h6-7,14,17H,2-5,8-13,15-16H2,1H3,(H,22,28). The molecule has 1 amide bonds. The molecule has 2 aliphatic rings. The molecule has 2 aromatic rings. The SMILES string of the molecule is CCN1CCC(NC(=O)CSc2nnc(N3CCCCC3)n2Cc2ccco2)CC1. The largest absolute Gasteiger partial charge is 0.467 e. The first-order chi connectivity index (χ1) is 14.7. The zero-order valence-electron chi connectivity index (χ0n) is 17.8. The zero-order chi connectivity index (χ0) is 20.8. The molecule has 0 atom stereocenters. The van der Waals surface area contributed by atoms with Gasteiger partial charge in [-0.2, -0.15) is 0 Å². The first-order valence-electron chi connectivity index (χ1n) is 11.1. The predicted octanol–water partition coefficient (Wildman–Crippen LogP) is 2.60. The molecule has 4 heterocycles. The second-order valence-electron chi connectivity index (χ2n) is 8.06. The molecule has 0 bridgehead atoms.